The monoisotopic (exact) mass is 315 g/mol. The molecule has 1 saturated heterocycles. The summed E-state index contributed by atoms with van der Waals surface area (Å²) in [7, 11) is 0. The molecule has 2 unspecified atom stereocenters. The van der Waals surface area contributed by atoms with Crippen LogP contribution in [0.4, 0.5) is 0 Å². The number of benzene rings is 1. The summed E-state index contributed by atoms with van der Waals surface area (Å²) in [4.78, 5) is 0. The molecule has 1 fully saturated rings. The molecule has 1 aliphatic heterocycles. The van der Waals surface area contributed by atoms with Gasteiger partial charge in [-0.3, -0.25) is 0 Å². The first kappa shape index (κ1) is 16.1. The van der Waals surface area contributed by atoms with Crippen LogP contribution in [0.25, 0.3) is 0 Å². The smallest absolute Gasteiger partial charge is 0.0641 e. The van der Waals surface area contributed by atoms with Gasteiger partial charge in [-0.25, -0.2) is 0 Å². The highest BCUT2D eigenvalue weighted by Crippen LogP contribution is 2.30. The van der Waals surface area contributed by atoms with Gasteiger partial charge in [0.1, 0.15) is 0 Å². The largest absolute Gasteiger partial charge is 0.375 e. The summed E-state index contributed by atoms with van der Waals surface area (Å²) in [6, 6.07) is 6.69. The van der Waals surface area contributed by atoms with Crippen LogP contribution in [0.3, 0.4) is 0 Å². The lowest BCUT2D eigenvalue weighted by atomic mass is 9.92. The summed E-state index contributed by atoms with van der Waals surface area (Å²) in [6.07, 6.45) is 3.11. The van der Waals surface area contributed by atoms with E-state index in [1.54, 1.807) is 0 Å². The highest BCUT2D eigenvalue weighted by atomic mass is 35.5. The molecule has 0 spiro atoms. The van der Waals surface area contributed by atoms with Gasteiger partial charge in [-0.2, -0.15) is 0 Å². The molecule has 1 heterocycles. The van der Waals surface area contributed by atoms with Crippen molar-refractivity contribution in [1.29, 1.82) is 0 Å². The SMILES string of the molecule is CCC(NC1CCOC(C)(C)C1)c1ccc(Cl)c(Cl)c1. The minimum atomic E-state index is -0.0359. The average Bonchev–Trinajstić information content (AvgIpc) is 2.38. The molecule has 0 saturated carbocycles. The standard InChI is InChI=1S/C16H23Cl2NO/c1-4-15(11-5-6-13(17)14(18)9-11)19-12-7-8-20-16(2,3)10-12/h5-6,9,12,15,19H,4,7-8,10H2,1-3H3. The third-order valence-electron chi connectivity index (χ3n) is 3.89. The zero-order valence-electron chi connectivity index (χ0n) is 12.4. The molecule has 0 radical (unpaired) electrons. The first-order chi connectivity index (χ1) is 9.41. The number of rotatable bonds is 4. The fourth-order valence-electron chi connectivity index (χ4n) is 2.84. The van der Waals surface area contributed by atoms with Crippen molar-refractivity contribution in [1.82, 2.24) is 5.32 Å². The van der Waals surface area contributed by atoms with Crippen LogP contribution in [-0.2, 0) is 4.74 Å². The molecule has 2 nitrogen and oxygen atoms in total. The van der Waals surface area contributed by atoms with Crippen molar-refractivity contribution in [3.8, 4) is 0 Å². The van der Waals surface area contributed by atoms with Gasteiger partial charge in [0.05, 0.1) is 15.6 Å². The molecule has 1 aromatic rings. The van der Waals surface area contributed by atoms with Crippen molar-refractivity contribution < 1.29 is 4.74 Å². The van der Waals surface area contributed by atoms with Crippen LogP contribution in [0.1, 0.15) is 51.6 Å². The molecule has 1 N–H and O–H groups in total. The summed E-state index contributed by atoms with van der Waals surface area (Å²) in [5.41, 5.74) is 1.16. The Morgan fingerprint density at radius 2 is 2.10 bits per heavy atom. The Labute approximate surface area is 131 Å². The van der Waals surface area contributed by atoms with E-state index < -0.39 is 0 Å². The third-order valence-corrected chi connectivity index (χ3v) is 4.63. The molecule has 2 rings (SSSR count). The van der Waals surface area contributed by atoms with Crippen molar-refractivity contribution in [2.45, 2.75) is 57.7 Å². The fourth-order valence-corrected chi connectivity index (χ4v) is 3.14. The third kappa shape index (κ3) is 4.11. The van der Waals surface area contributed by atoms with Gasteiger partial charge in [-0.15, -0.1) is 0 Å². The maximum absolute atomic E-state index is 6.12. The predicted octanol–water partition coefficient (Wildman–Crippen LogP) is 4.99. The zero-order chi connectivity index (χ0) is 14.8. The van der Waals surface area contributed by atoms with Gasteiger partial charge in [-0.05, 0) is 50.8 Å². The molecule has 2 atom stereocenters. The summed E-state index contributed by atoms with van der Waals surface area (Å²) < 4.78 is 5.77. The van der Waals surface area contributed by atoms with Crippen molar-refractivity contribution in [2.24, 2.45) is 0 Å². The van der Waals surface area contributed by atoms with Gasteiger partial charge in [-0.1, -0.05) is 36.2 Å². The van der Waals surface area contributed by atoms with Gasteiger partial charge < -0.3 is 10.1 Å². The second-order valence-corrected chi connectivity index (χ2v) is 6.91. The van der Waals surface area contributed by atoms with E-state index >= 15 is 0 Å². The van der Waals surface area contributed by atoms with E-state index in [1.807, 2.05) is 12.1 Å². The number of halogens is 2. The predicted molar refractivity (Wildman–Crippen MR) is 85.7 cm³/mol. The van der Waals surface area contributed by atoms with Crippen LogP contribution in [0.15, 0.2) is 18.2 Å². The van der Waals surface area contributed by atoms with E-state index in [4.69, 9.17) is 27.9 Å². The fraction of sp³-hybridized carbons (Fsp3) is 0.625. The van der Waals surface area contributed by atoms with Gasteiger partial charge in [0, 0.05) is 18.7 Å². The average molecular weight is 316 g/mol. The molecular weight excluding hydrogens is 293 g/mol. The number of hydrogen-bond donors (Lipinski definition) is 1. The summed E-state index contributed by atoms with van der Waals surface area (Å²) in [5, 5.41) is 4.97. The highest BCUT2D eigenvalue weighted by Gasteiger charge is 2.29. The molecule has 112 valence electrons. The van der Waals surface area contributed by atoms with E-state index in [2.05, 4.69) is 32.2 Å². The molecule has 0 bridgehead atoms. The number of hydrogen-bond acceptors (Lipinski definition) is 2. The Morgan fingerprint density at radius 3 is 2.70 bits per heavy atom. The van der Waals surface area contributed by atoms with Crippen LogP contribution < -0.4 is 5.32 Å². The summed E-state index contributed by atoms with van der Waals surface area (Å²) in [5.74, 6) is 0. The molecule has 20 heavy (non-hydrogen) atoms. The first-order valence-electron chi connectivity index (χ1n) is 7.26. The first-order valence-corrected chi connectivity index (χ1v) is 8.02. The molecular formula is C16H23Cl2NO. The van der Waals surface area contributed by atoms with Crippen molar-refractivity contribution in [3.63, 3.8) is 0 Å². The lowest BCUT2D eigenvalue weighted by Crippen LogP contribution is -2.44. The molecule has 1 aromatic carbocycles. The Morgan fingerprint density at radius 1 is 1.35 bits per heavy atom. The van der Waals surface area contributed by atoms with Gasteiger partial charge in [0.2, 0.25) is 0 Å². The Balaban J connectivity index is 2.06. The van der Waals surface area contributed by atoms with E-state index in [0.29, 0.717) is 22.1 Å². The van der Waals surface area contributed by atoms with Gasteiger partial charge in [0.25, 0.3) is 0 Å². The highest BCUT2D eigenvalue weighted by molar-refractivity contribution is 6.42. The van der Waals surface area contributed by atoms with Crippen LogP contribution in [0, 0.1) is 0 Å². The quantitative estimate of drug-likeness (QED) is 0.845. The van der Waals surface area contributed by atoms with Crippen LogP contribution in [-0.4, -0.2) is 18.2 Å². The van der Waals surface area contributed by atoms with Crippen molar-refractivity contribution in [2.75, 3.05) is 6.61 Å². The number of nitrogens with one attached hydrogen (secondary N) is 1. The van der Waals surface area contributed by atoms with Crippen molar-refractivity contribution in [3.05, 3.63) is 33.8 Å². The lowest BCUT2D eigenvalue weighted by Gasteiger charge is -2.37. The van der Waals surface area contributed by atoms with E-state index in [-0.39, 0.29) is 5.60 Å². The van der Waals surface area contributed by atoms with Crippen molar-refractivity contribution >= 4 is 23.2 Å². The summed E-state index contributed by atoms with van der Waals surface area (Å²) >= 11 is 12.1. The normalized spacial score (nSPS) is 23.6. The molecule has 0 aromatic heterocycles. The molecule has 4 heteroatoms. The van der Waals surface area contributed by atoms with Gasteiger partial charge in [0.15, 0.2) is 0 Å². The van der Waals surface area contributed by atoms with Gasteiger partial charge >= 0.3 is 0 Å². The van der Waals surface area contributed by atoms with E-state index in [9.17, 15) is 0 Å². The molecule has 1 aliphatic rings. The minimum Gasteiger partial charge on any atom is -0.375 e. The van der Waals surface area contributed by atoms with E-state index in [0.717, 1.165) is 25.9 Å². The number of ether oxygens (including phenoxy) is 1. The zero-order valence-corrected chi connectivity index (χ0v) is 13.9. The van der Waals surface area contributed by atoms with Crippen LogP contribution in [0.5, 0.6) is 0 Å². The Kier molecular flexibility index (Phi) is 5.36. The maximum Gasteiger partial charge on any atom is 0.0641 e. The van der Waals surface area contributed by atoms with Crippen LogP contribution >= 0.6 is 23.2 Å². The molecule has 0 amide bonds. The second kappa shape index (κ2) is 6.65. The minimum absolute atomic E-state index is 0.0359. The van der Waals surface area contributed by atoms with Crippen LogP contribution in [0.2, 0.25) is 10.0 Å². The van der Waals surface area contributed by atoms with E-state index in [1.165, 1.54) is 5.56 Å². The Bertz CT molecular complexity index is 462. The topological polar surface area (TPSA) is 21.3 Å². The lowest BCUT2D eigenvalue weighted by molar-refractivity contribution is -0.0642. The maximum atomic E-state index is 6.12. The molecule has 0 aliphatic carbocycles. The Hall–Kier alpha value is -0.280. The summed E-state index contributed by atoms with van der Waals surface area (Å²) in [6.45, 7) is 7.31. The second-order valence-electron chi connectivity index (χ2n) is 6.10.